The lowest BCUT2D eigenvalue weighted by Crippen LogP contribution is -2.44. The molecular weight excluding hydrogens is 360 g/mol. The number of amides is 3. The summed E-state index contributed by atoms with van der Waals surface area (Å²) in [6.07, 6.45) is 1.20. The van der Waals surface area contributed by atoms with Gasteiger partial charge in [0, 0.05) is 31.3 Å². The van der Waals surface area contributed by atoms with Crippen molar-refractivity contribution in [2.24, 2.45) is 0 Å². The van der Waals surface area contributed by atoms with Gasteiger partial charge in [-0.05, 0) is 38.2 Å². The topological polar surface area (TPSA) is 83.1 Å². The molecule has 28 heavy (non-hydrogen) atoms. The highest BCUT2D eigenvalue weighted by molar-refractivity contribution is 5.97. The summed E-state index contributed by atoms with van der Waals surface area (Å²) in [5.74, 6) is 1.34. The van der Waals surface area contributed by atoms with Crippen molar-refractivity contribution in [3.63, 3.8) is 0 Å². The van der Waals surface area contributed by atoms with Crippen LogP contribution in [0.15, 0.2) is 18.2 Å². The predicted octanol–water partition coefficient (Wildman–Crippen LogP) is 1.59. The van der Waals surface area contributed by atoms with E-state index in [4.69, 9.17) is 9.47 Å². The van der Waals surface area contributed by atoms with Gasteiger partial charge >= 0.3 is 6.03 Å². The van der Waals surface area contributed by atoms with Gasteiger partial charge in [-0.15, -0.1) is 0 Å². The van der Waals surface area contributed by atoms with Crippen LogP contribution in [0.5, 0.6) is 11.5 Å². The maximum absolute atomic E-state index is 12.4. The molecule has 1 aromatic rings. The average molecular weight is 390 g/mol. The summed E-state index contributed by atoms with van der Waals surface area (Å²) < 4.78 is 11.1. The van der Waals surface area contributed by atoms with Gasteiger partial charge < -0.3 is 29.9 Å². The highest BCUT2D eigenvalue weighted by atomic mass is 16.6. The summed E-state index contributed by atoms with van der Waals surface area (Å²) >= 11 is 0. The Morgan fingerprint density at radius 3 is 2.71 bits per heavy atom. The quantitative estimate of drug-likeness (QED) is 0.659. The second kappa shape index (κ2) is 9.64. The number of carbonyl (C=O) groups is 2. The van der Waals surface area contributed by atoms with E-state index in [0.29, 0.717) is 44.2 Å². The number of ether oxygens (including phenoxy) is 2. The summed E-state index contributed by atoms with van der Waals surface area (Å²) in [5, 5.41) is 5.79. The standard InChI is InChI=1S/C20H30N4O4/c1-3-23(4-2)9-5-8-21-20(26)22-15-12-19(25)24(14-15)16-6-7-17-18(13-16)28-11-10-27-17/h6-7,13,15H,3-5,8-12,14H2,1-2H3,(H2,21,22,26)/t15-/m0/s1. The number of hydrogen-bond donors (Lipinski definition) is 2. The molecule has 8 nitrogen and oxygen atoms in total. The first kappa shape index (κ1) is 20.3. The smallest absolute Gasteiger partial charge is 0.315 e. The number of anilines is 1. The summed E-state index contributed by atoms with van der Waals surface area (Å²) in [7, 11) is 0. The number of nitrogens with zero attached hydrogens (tertiary/aromatic N) is 2. The monoisotopic (exact) mass is 390 g/mol. The van der Waals surface area contributed by atoms with E-state index in [1.807, 2.05) is 18.2 Å². The fraction of sp³-hybridized carbons (Fsp3) is 0.600. The fourth-order valence-corrected chi connectivity index (χ4v) is 3.53. The SMILES string of the molecule is CCN(CC)CCCNC(=O)N[C@H]1CC(=O)N(c2ccc3c(c2)OCCO3)C1. The second-order valence-electron chi connectivity index (χ2n) is 7.01. The molecule has 3 rings (SSSR count). The van der Waals surface area contributed by atoms with E-state index < -0.39 is 0 Å². The molecule has 2 aliphatic rings. The Kier molecular flexibility index (Phi) is 6.97. The Labute approximate surface area is 166 Å². The van der Waals surface area contributed by atoms with Crippen LogP contribution in [0, 0.1) is 0 Å². The Balaban J connectivity index is 1.46. The number of hydrogen-bond acceptors (Lipinski definition) is 5. The van der Waals surface area contributed by atoms with Crippen LogP contribution in [0.1, 0.15) is 26.7 Å². The van der Waals surface area contributed by atoms with Crippen molar-refractivity contribution in [3.8, 4) is 11.5 Å². The summed E-state index contributed by atoms with van der Waals surface area (Å²) in [6, 6.07) is 5.06. The van der Waals surface area contributed by atoms with Crippen LogP contribution in [0.4, 0.5) is 10.5 Å². The molecule has 1 aromatic carbocycles. The third-order valence-corrected chi connectivity index (χ3v) is 5.13. The van der Waals surface area contributed by atoms with E-state index in [0.717, 1.165) is 31.7 Å². The van der Waals surface area contributed by atoms with Crippen molar-refractivity contribution in [2.45, 2.75) is 32.7 Å². The van der Waals surface area contributed by atoms with E-state index >= 15 is 0 Å². The van der Waals surface area contributed by atoms with Crippen molar-refractivity contribution in [1.82, 2.24) is 15.5 Å². The molecular formula is C20H30N4O4. The van der Waals surface area contributed by atoms with Gasteiger partial charge in [0.15, 0.2) is 11.5 Å². The highest BCUT2D eigenvalue weighted by Gasteiger charge is 2.32. The van der Waals surface area contributed by atoms with Gasteiger partial charge in [0.25, 0.3) is 0 Å². The first-order chi connectivity index (χ1) is 13.6. The molecule has 0 aromatic heterocycles. The third-order valence-electron chi connectivity index (χ3n) is 5.13. The lowest BCUT2D eigenvalue weighted by atomic mass is 10.2. The van der Waals surface area contributed by atoms with E-state index in [2.05, 4.69) is 29.4 Å². The minimum atomic E-state index is -0.221. The molecule has 8 heteroatoms. The molecule has 1 fully saturated rings. The Bertz CT molecular complexity index is 693. The van der Waals surface area contributed by atoms with Crippen LogP contribution in [0.2, 0.25) is 0 Å². The minimum absolute atomic E-state index is 0.0106. The predicted molar refractivity (Wildman–Crippen MR) is 107 cm³/mol. The number of carbonyl (C=O) groups excluding carboxylic acids is 2. The van der Waals surface area contributed by atoms with Crippen LogP contribution < -0.4 is 25.0 Å². The number of nitrogens with one attached hydrogen (secondary N) is 2. The van der Waals surface area contributed by atoms with Crippen LogP contribution in [-0.2, 0) is 4.79 Å². The van der Waals surface area contributed by atoms with Gasteiger partial charge in [-0.2, -0.15) is 0 Å². The summed E-state index contributed by atoms with van der Waals surface area (Å²) in [5.41, 5.74) is 0.762. The molecule has 1 atom stereocenters. The van der Waals surface area contributed by atoms with Crippen LogP contribution in [0.3, 0.4) is 0 Å². The largest absolute Gasteiger partial charge is 0.486 e. The summed E-state index contributed by atoms with van der Waals surface area (Å²) in [4.78, 5) is 28.5. The zero-order valence-electron chi connectivity index (χ0n) is 16.7. The molecule has 0 saturated carbocycles. The van der Waals surface area contributed by atoms with Crippen molar-refractivity contribution in [3.05, 3.63) is 18.2 Å². The van der Waals surface area contributed by atoms with Gasteiger partial charge in [0.1, 0.15) is 13.2 Å². The van der Waals surface area contributed by atoms with Crippen LogP contribution in [-0.4, -0.2) is 68.8 Å². The van der Waals surface area contributed by atoms with Crippen molar-refractivity contribution in [1.29, 1.82) is 0 Å². The lowest BCUT2D eigenvalue weighted by Gasteiger charge is -2.22. The van der Waals surface area contributed by atoms with Gasteiger partial charge in [0.05, 0.1) is 6.04 Å². The number of urea groups is 1. The number of rotatable bonds is 8. The van der Waals surface area contributed by atoms with Crippen LogP contribution >= 0.6 is 0 Å². The molecule has 0 unspecified atom stereocenters. The molecule has 3 amide bonds. The molecule has 1 saturated heterocycles. The van der Waals surface area contributed by atoms with Crippen LogP contribution in [0.25, 0.3) is 0 Å². The van der Waals surface area contributed by atoms with Gasteiger partial charge in [-0.25, -0.2) is 4.79 Å². The number of benzene rings is 1. The van der Waals surface area contributed by atoms with E-state index in [-0.39, 0.29) is 18.0 Å². The molecule has 154 valence electrons. The van der Waals surface area contributed by atoms with Crippen molar-refractivity contribution >= 4 is 17.6 Å². The molecule has 0 radical (unpaired) electrons. The highest BCUT2D eigenvalue weighted by Crippen LogP contribution is 2.35. The maximum atomic E-state index is 12.4. The second-order valence-corrected chi connectivity index (χ2v) is 7.01. The van der Waals surface area contributed by atoms with E-state index in [9.17, 15) is 9.59 Å². The minimum Gasteiger partial charge on any atom is -0.486 e. The average Bonchev–Trinajstić information content (AvgIpc) is 3.07. The molecule has 2 aliphatic heterocycles. The zero-order chi connectivity index (χ0) is 19.9. The first-order valence-electron chi connectivity index (χ1n) is 10.1. The Morgan fingerprint density at radius 2 is 1.96 bits per heavy atom. The molecule has 2 N–H and O–H groups in total. The van der Waals surface area contributed by atoms with Gasteiger partial charge in [-0.3, -0.25) is 4.79 Å². The first-order valence-corrected chi connectivity index (χ1v) is 10.1. The molecule has 0 bridgehead atoms. The Hall–Kier alpha value is -2.48. The zero-order valence-corrected chi connectivity index (χ0v) is 16.7. The van der Waals surface area contributed by atoms with Crippen molar-refractivity contribution in [2.75, 3.05) is 50.8 Å². The maximum Gasteiger partial charge on any atom is 0.315 e. The number of fused-ring (bicyclic) bond motifs is 1. The molecule has 2 heterocycles. The fourth-order valence-electron chi connectivity index (χ4n) is 3.53. The Morgan fingerprint density at radius 1 is 1.21 bits per heavy atom. The normalized spacial score (nSPS) is 18.5. The lowest BCUT2D eigenvalue weighted by molar-refractivity contribution is -0.117. The summed E-state index contributed by atoms with van der Waals surface area (Å²) in [6.45, 7) is 9.37. The third kappa shape index (κ3) is 5.07. The van der Waals surface area contributed by atoms with Gasteiger partial charge in [-0.1, -0.05) is 13.8 Å². The molecule has 0 aliphatic carbocycles. The van der Waals surface area contributed by atoms with E-state index in [1.54, 1.807) is 4.90 Å². The van der Waals surface area contributed by atoms with E-state index in [1.165, 1.54) is 0 Å². The van der Waals surface area contributed by atoms with Gasteiger partial charge in [0.2, 0.25) is 5.91 Å². The molecule has 0 spiro atoms. The van der Waals surface area contributed by atoms with Crippen molar-refractivity contribution < 1.29 is 19.1 Å².